The smallest absolute Gasteiger partial charge is 0.125 e. The van der Waals surface area contributed by atoms with Crippen LogP contribution in [0.5, 0.6) is 0 Å². The van der Waals surface area contributed by atoms with Crippen molar-refractivity contribution in [2.24, 2.45) is 11.8 Å². The maximum Gasteiger partial charge on any atom is 0.125 e. The van der Waals surface area contributed by atoms with Crippen molar-refractivity contribution >= 4 is 11.0 Å². The number of aromatic amines is 1. The summed E-state index contributed by atoms with van der Waals surface area (Å²) >= 11 is 0. The predicted molar refractivity (Wildman–Crippen MR) is 79.0 cm³/mol. The van der Waals surface area contributed by atoms with E-state index in [-0.39, 0.29) is 11.9 Å². The van der Waals surface area contributed by atoms with Crippen molar-refractivity contribution in [3.63, 3.8) is 0 Å². The standard InChI is InChI=1S/C16H22FN3/c1-10-6-11(2)9-20(8-10)12(3)16-18-14-5-4-13(17)7-15(14)19-16/h4-5,7,10-12H,6,8-9H2,1-3H3,(H,18,19). The van der Waals surface area contributed by atoms with Crippen LogP contribution < -0.4 is 0 Å². The minimum atomic E-state index is -0.222. The van der Waals surface area contributed by atoms with E-state index in [0.29, 0.717) is 0 Å². The number of nitrogens with zero attached hydrogens (tertiary/aromatic N) is 2. The van der Waals surface area contributed by atoms with Gasteiger partial charge in [0, 0.05) is 13.1 Å². The van der Waals surface area contributed by atoms with Crippen LogP contribution in [0, 0.1) is 17.7 Å². The normalized spacial score (nSPS) is 26.0. The van der Waals surface area contributed by atoms with E-state index in [0.717, 1.165) is 41.8 Å². The van der Waals surface area contributed by atoms with Gasteiger partial charge in [0.2, 0.25) is 0 Å². The van der Waals surface area contributed by atoms with Gasteiger partial charge >= 0.3 is 0 Å². The molecule has 3 unspecified atom stereocenters. The largest absolute Gasteiger partial charge is 0.341 e. The van der Waals surface area contributed by atoms with Crippen LogP contribution >= 0.6 is 0 Å². The molecule has 0 radical (unpaired) electrons. The van der Waals surface area contributed by atoms with Crippen molar-refractivity contribution in [1.82, 2.24) is 14.9 Å². The van der Waals surface area contributed by atoms with Gasteiger partial charge in [-0.3, -0.25) is 4.90 Å². The van der Waals surface area contributed by atoms with Crippen LogP contribution in [0.3, 0.4) is 0 Å². The number of fused-ring (bicyclic) bond motifs is 1. The van der Waals surface area contributed by atoms with Gasteiger partial charge in [-0.1, -0.05) is 13.8 Å². The van der Waals surface area contributed by atoms with Crippen LogP contribution in [-0.4, -0.2) is 28.0 Å². The predicted octanol–water partition coefficient (Wildman–Crippen LogP) is 3.74. The van der Waals surface area contributed by atoms with Crippen molar-refractivity contribution in [2.75, 3.05) is 13.1 Å². The van der Waals surface area contributed by atoms with Crippen LogP contribution in [0.25, 0.3) is 11.0 Å². The molecule has 4 heteroatoms. The zero-order valence-electron chi connectivity index (χ0n) is 12.4. The van der Waals surface area contributed by atoms with Gasteiger partial charge in [-0.2, -0.15) is 0 Å². The van der Waals surface area contributed by atoms with Crippen molar-refractivity contribution in [1.29, 1.82) is 0 Å². The van der Waals surface area contributed by atoms with Crippen molar-refractivity contribution in [3.8, 4) is 0 Å². The van der Waals surface area contributed by atoms with Gasteiger partial charge in [-0.25, -0.2) is 9.37 Å². The molecular weight excluding hydrogens is 253 g/mol. The Bertz CT molecular complexity index is 597. The maximum atomic E-state index is 13.2. The summed E-state index contributed by atoms with van der Waals surface area (Å²) in [6.07, 6.45) is 1.30. The first-order valence-corrected chi connectivity index (χ1v) is 7.42. The fraction of sp³-hybridized carbons (Fsp3) is 0.562. The number of hydrogen-bond donors (Lipinski definition) is 1. The third kappa shape index (κ3) is 2.57. The van der Waals surface area contributed by atoms with Gasteiger partial charge in [-0.05, 0) is 43.4 Å². The monoisotopic (exact) mass is 275 g/mol. The molecule has 20 heavy (non-hydrogen) atoms. The third-order valence-corrected chi connectivity index (χ3v) is 4.30. The molecule has 1 aliphatic heterocycles. The number of piperidine rings is 1. The second kappa shape index (κ2) is 5.17. The molecule has 108 valence electrons. The highest BCUT2D eigenvalue weighted by molar-refractivity contribution is 5.75. The summed E-state index contributed by atoms with van der Waals surface area (Å²) in [5.41, 5.74) is 1.62. The van der Waals surface area contributed by atoms with Crippen LogP contribution in [-0.2, 0) is 0 Å². The fourth-order valence-electron chi connectivity index (χ4n) is 3.40. The molecule has 0 amide bonds. The lowest BCUT2D eigenvalue weighted by Gasteiger charge is -2.38. The number of rotatable bonds is 2. The topological polar surface area (TPSA) is 31.9 Å². The second-order valence-electron chi connectivity index (χ2n) is 6.36. The number of H-pyrrole nitrogens is 1. The Labute approximate surface area is 119 Å². The number of benzene rings is 1. The Hall–Kier alpha value is -1.42. The molecule has 0 spiro atoms. The summed E-state index contributed by atoms with van der Waals surface area (Å²) in [7, 11) is 0. The summed E-state index contributed by atoms with van der Waals surface area (Å²) in [5.74, 6) is 2.17. The summed E-state index contributed by atoms with van der Waals surface area (Å²) in [6, 6.07) is 4.96. The zero-order chi connectivity index (χ0) is 14.3. The highest BCUT2D eigenvalue weighted by Crippen LogP contribution is 2.28. The van der Waals surface area contributed by atoms with Gasteiger partial charge in [0.25, 0.3) is 0 Å². The Morgan fingerprint density at radius 1 is 1.30 bits per heavy atom. The molecule has 1 N–H and O–H groups in total. The van der Waals surface area contributed by atoms with Crippen LogP contribution in [0.2, 0.25) is 0 Å². The quantitative estimate of drug-likeness (QED) is 0.905. The van der Waals surface area contributed by atoms with E-state index >= 15 is 0 Å². The molecular formula is C16H22FN3. The van der Waals surface area contributed by atoms with Gasteiger partial charge < -0.3 is 4.98 Å². The van der Waals surface area contributed by atoms with Crippen molar-refractivity contribution in [3.05, 3.63) is 29.8 Å². The molecule has 3 rings (SSSR count). The SMILES string of the molecule is CC1CC(C)CN(C(C)c2nc3ccc(F)cc3[nH]2)C1. The van der Waals surface area contributed by atoms with Crippen molar-refractivity contribution < 1.29 is 4.39 Å². The molecule has 0 aliphatic carbocycles. The first-order chi connectivity index (χ1) is 9.52. The zero-order valence-corrected chi connectivity index (χ0v) is 12.4. The Balaban J connectivity index is 1.86. The molecule has 0 saturated carbocycles. The first-order valence-electron chi connectivity index (χ1n) is 7.42. The fourth-order valence-corrected chi connectivity index (χ4v) is 3.40. The molecule has 0 bridgehead atoms. The minimum Gasteiger partial charge on any atom is -0.341 e. The number of nitrogens with one attached hydrogen (secondary N) is 1. The van der Waals surface area contributed by atoms with Gasteiger partial charge in [0.1, 0.15) is 11.6 Å². The molecule has 1 aliphatic rings. The molecule has 1 aromatic heterocycles. The second-order valence-corrected chi connectivity index (χ2v) is 6.36. The van der Waals surface area contributed by atoms with Crippen LogP contribution in [0.4, 0.5) is 4.39 Å². The van der Waals surface area contributed by atoms with Crippen LogP contribution in [0.15, 0.2) is 18.2 Å². The molecule has 3 atom stereocenters. The van der Waals surface area contributed by atoms with E-state index in [4.69, 9.17) is 0 Å². The van der Waals surface area contributed by atoms with E-state index in [2.05, 4.69) is 35.6 Å². The lowest BCUT2D eigenvalue weighted by Crippen LogP contribution is -2.40. The average molecular weight is 275 g/mol. The third-order valence-electron chi connectivity index (χ3n) is 4.30. The van der Waals surface area contributed by atoms with E-state index in [1.165, 1.54) is 18.6 Å². The average Bonchev–Trinajstić information content (AvgIpc) is 2.79. The summed E-state index contributed by atoms with van der Waals surface area (Å²) in [4.78, 5) is 10.4. The Morgan fingerprint density at radius 2 is 2.00 bits per heavy atom. The van der Waals surface area contributed by atoms with Crippen molar-refractivity contribution in [2.45, 2.75) is 33.2 Å². The lowest BCUT2D eigenvalue weighted by atomic mass is 9.91. The highest BCUT2D eigenvalue weighted by atomic mass is 19.1. The van der Waals surface area contributed by atoms with E-state index < -0.39 is 0 Å². The number of hydrogen-bond acceptors (Lipinski definition) is 2. The molecule has 1 fully saturated rings. The Kier molecular flexibility index (Phi) is 3.50. The summed E-state index contributed by atoms with van der Waals surface area (Å²) < 4.78 is 13.2. The summed E-state index contributed by atoms with van der Waals surface area (Å²) in [6.45, 7) is 9.01. The van der Waals surface area contributed by atoms with E-state index in [9.17, 15) is 4.39 Å². The van der Waals surface area contributed by atoms with Gasteiger partial charge in [0.15, 0.2) is 0 Å². The maximum absolute atomic E-state index is 13.2. The number of likely N-dealkylation sites (tertiary alicyclic amines) is 1. The molecule has 3 nitrogen and oxygen atoms in total. The molecule has 2 heterocycles. The number of imidazole rings is 1. The first kappa shape index (κ1) is 13.6. The minimum absolute atomic E-state index is 0.222. The Morgan fingerprint density at radius 3 is 2.70 bits per heavy atom. The van der Waals surface area contributed by atoms with Gasteiger partial charge in [-0.15, -0.1) is 0 Å². The van der Waals surface area contributed by atoms with Gasteiger partial charge in [0.05, 0.1) is 17.1 Å². The number of halogens is 1. The summed E-state index contributed by atoms with van der Waals surface area (Å²) in [5, 5.41) is 0. The molecule has 1 aromatic carbocycles. The molecule has 2 aromatic rings. The van der Waals surface area contributed by atoms with E-state index in [1.54, 1.807) is 6.07 Å². The van der Waals surface area contributed by atoms with Crippen LogP contribution in [0.1, 0.15) is 39.1 Å². The highest BCUT2D eigenvalue weighted by Gasteiger charge is 2.27. The lowest BCUT2D eigenvalue weighted by molar-refractivity contribution is 0.0997. The van der Waals surface area contributed by atoms with E-state index in [1.807, 2.05) is 0 Å². The number of aromatic nitrogens is 2. The molecule has 1 saturated heterocycles.